The molecule has 134 valence electrons. The Morgan fingerprint density at radius 1 is 1.23 bits per heavy atom. The molecule has 3 aromatic rings. The SMILES string of the molecule is Cc1csc(Cc2nnc3n2[C@@H](C)C(=O)N(CCc2ccccc2)C3)n1. The summed E-state index contributed by atoms with van der Waals surface area (Å²) in [5, 5.41) is 11.7. The third-order valence-electron chi connectivity index (χ3n) is 4.71. The number of hydrogen-bond donors (Lipinski definition) is 0. The topological polar surface area (TPSA) is 63.9 Å². The predicted molar refractivity (Wildman–Crippen MR) is 100.0 cm³/mol. The minimum absolute atomic E-state index is 0.129. The number of aryl methyl sites for hydroxylation is 1. The number of carbonyl (C=O) groups is 1. The standard InChI is InChI=1S/C19H21N5OS/c1-13-12-26-18(20-13)10-16-21-22-17-11-23(19(25)14(2)24(16)17)9-8-15-6-4-3-5-7-15/h3-7,12,14H,8-11H2,1-2H3/t14-/m0/s1. The number of carbonyl (C=O) groups excluding carboxylic acids is 1. The zero-order valence-electron chi connectivity index (χ0n) is 14.9. The number of nitrogens with zero attached hydrogens (tertiary/aromatic N) is 5. The number of rotatable bonds is 5. The molecule has 2 aromatic heterocycles. The molecule has 0 saturated heterocycles. The van der Waals surface area contributed by atoms with Gasteiger partial charge in [0.2, 0.25) is 5.91 Å². The van der Waals surface area contributed by atoms with E-state index in [1.165, 1.54) is 5.56 Å². The second-order valence-electron chi connectivity index (χ2n) is 6.63. The average Bonchev–Trinajstić information content (AvgIpc) is 3.24. The van der Waals surface area contributed by atoms with Crippen molar-refractivity contribution in [3.63, 3.8) is 0 Å². The van der Waals surface area contributed by atoms with Crippen molar-refractivity contribution in [3.05, 3.63) is 63.6 Å². The fourth-order valence-electron chi connectivity index (χ4n) is 3.38. The molecule has 0 N–H and O–H groups in total. The van der Waals surface area contributed by atoms with Crippen molar-refractivity contribution in [3.8, 4) is 0 Å². The Morgan fingerprint density at radius 2 is 2.04 bits per heavy atom. The van der Waals surface area contributed by atoms with E-state index >= 15 is 0 Å². The number of thiazole rings is 1. The van der Waals surface area contributed by atoms with Crippen LogP contribution in [0.4, 0.5) is 0 Å². The van der Waals surface area contributed by atoms with Crippen LogP contribution in [-0.4, -0.2) is 37.1 Å². The number of amides is 1. The van der Waals surface area contributed by atoms with Crippen LogP contribution >= 0.6 is 11.3 Å². The van der Waals surface area contributed by atoms with E-state index in [0.29, 0.717) is 19.5 Å². The summed E-state index contributed by atoms with van der Waals surface area (Å²) in [5.74, 6) is 1.80. The van der Waals surface area contributed by atoms with Gasteiger partial charge in [-0.05, 0) is 25.8 Å². The molecule has 7 heteroatoms. The summed E-state index contributed by atoms with van der Waals surface area (Å²) in [6, 6.07) is 9.97. The summed E-state index contributed by atoms with van der Waals surface area (Å²) in [7, 11) is 0. The molecule has 1 amide bonds. The first kappa shape index (κ1) is 16.9. The van der Waals surface area contributed by atoms with E-state index in [4.69, 9.17) is 0 Å². The molecule has 6 nitrogen and oxygen atoms in total. The smallest absolute Gasteiger partial charge is 0.245 e. The summed E-state index contributed by atoms with van der Waals surface area (Å²) in [6.07, 6.45) is 1.46. The minimum Gasteiger partial charge on any atom is -0.333 e. The van der Waals surface area contributed by atoms with Gasteiger partial charge in [0.1, 0.15) is 16.9 Å². The lowest BCUT2D eigenvalue weighted by Gasteiger charge is -2.32. The average molecular weight is 367 g/mol. The minimum atomic E-state index is -0.277. The van der Waals surface area contributed by atoms with Crippen molar-refractivity contribution < 1.29 is 4.79 Å². The predicted octanol–water partition coefficient (Wildman–Crippen LogP) is 2.78. The number of aromatic nitrogens is 4. The normalized spacial score (nSPS) is 16.8. The second-order valence-corrected chi connectivity index (χ2v) is 7.58. The van der Waals surface area contributed by atoms with Gasteiger partial charge in [-0.1, -0.05) is 30.3 Å². The van der Waals surface area contributed by atoms with Crippen molar-refractivity contribution in [2.45, 2.75) is 39.3 Å². The molecule has 0 unspecified atom stereocenters. The van der Waals surface area contributed by atoms with Gasteiger partial charge >= 0.3 is 0 Å². The molecule has 0 bridgehead atoms. The lowest BCUT2D eigenvalue weighted by molar-refractivity contribution is -0.137. The Balaban J connectivity index is 1.51. The molecular weight excluding hydrogens is 346 g/mol. The summed E-state index contributed by atoms with van der Waals surface area (Å²) in [4.78, 5) is 19.2. The molecule has 3 heterocycles. The van der Waals surface area contributed by atoms with Gasteiger partial charge in [-0.25, -0.2) is 4.98 Å². The Kier molecular flexibility index (Phi) is 4.55. The molecular formula is C19H21N5OS. The molecule has 1 atom stereocenters. The maximum atomic E-state index is 12.9. The first-order valence-corrected chi connectivity index (χ1v) is 9.66. The van der Waals surface area contributed by atoms with E-state index in [0.717, 1.165) is 28.8 Å². The lowest BCUT2D eigenvalue weighted by Crippen LogP contribution is -2.43. The second kappa shape index (κ2) is 6.99. The molecule has 26 heavy (non-hydrogen) atoms. The van der Waals surface area contributed by atoms with Crippen molar-refractivity contribution >= 4 is 17.2 Å². The largest absolute Gasteiger partial charge is 0.333 e. The Hall–Kier alpha value is -2.54. The van der Waals surface area contributed by atoms with E-state index in [9.17, 15) is 4.79 Å². The van der Waals surface area contributed by atoms with Crippen LogP contribution in [0.5, 0.6) is 0 Å². The van der Waals surface area contributed by atoms with Crippen LogP contribution < -0.4 is 0 Å². The molecule has 0 fully saturated rings. The van der Waals surface area contributed by atoms with E-state index in [2.05, 4.69) is 27.3 Å². The Labute approximate surface area is 156 Å². The lowest BCUT2D eigenvalue weighted by atomic mass is 10.1. The van der Waals surface area contributed by atoms with Gasteiger partial charge in [-0.3, -0.25) is 4.79 Å². The van der Waals surface area contributed by atoms with Gasteiger partial charge < -0.3 is 9.47 Å². The van der Waals surface area contributed by atoms with Gasteiger partial charge in [0.15, 0.2) is 5.82 Å². The Morgan fingerprint density at radius 3 is 2.77 bits per heavy atom. The number of benzene rings is 1. The zero-order valence-corrected chi connectivity index (χ0v) is 15.7. The van der Waals surface area contributed by atoms with Crippen LogP contribution in [0.3, 0.4) is 0 Å². The molecule has 1 aromatic carbocycles. The van der Waals surface area contributed by atoms with Crippen molar-refractivity contribution in [2.75, 3.05) is 6.54 Å². The summed E-state index contributed by atoms with van der Waals surface area (Å²) in [6.45, 7) is 5.12. The van der Waals surface area contributed by atoms with E-state index in [1.54, 1.807) is 11.3 Å². The highest BCUT2D eigenvalue weighted by Gasteiger charge is 2.33. The zero-order chi connectivity index (χ0) is 18.1. The van der Waals surface area contributed by atoms with Crippen LogP contribution in [-0.2, 0) is 24.2 Å². The fourth-order valence-corrected chi connectivity index (χ4v) is 4.15. The quantitative estimate of drug-likeness (QED) is 0.696. The molecule has 0 spiro atoms. The molecule has 1 aliphatic rings. The van der Waals surface area contributed by atoms with Crippen LogP contribution in [0, 0.1) is 6.92 Å². The third-order valence-corrected chi connectivity index (χ3v) is 5.68. The van der Waals surface area contributed by atoms with E-state index < -0.39 is 0 Å². The first-order chi connectivity index (χ1) is 12.6. The summed E-state index contributed by atoms with van der Waals surface area (Å²) >= 11 is 1.62. The third kappa shape index (κ3) is 3.26. The van der Waals surface area contributed by atoms with Gasteiger partial charge in [0, 0.05) is 17.6 Å². The van der Waals surface area contributed by atoms with Gasteiger partial charge in [-0.15, -0.1) is 21.5 Å². The summed E-state index contributed by atoms with van der Waals surface area (Å²) in [5.41, 5.74) is 2.25. The van der Waals surface area contributed by atoms with Crippen molar-refractivity contribution in [2.24, 2.45) is 0 Å². The maximum absolute atomic E-state index is 12.9. The van der Waals surface area contributed by atoms with E-state index in [-0.39, 0.29) is 11.9 Å². The van der Waals surface area contributed by atoms with Crippen LogP contribution in [0.15, 0.2) is 35.7 Å². The van der Waals surface area contributed by atoms with Crippen LogP contribution in [0.2, 0.25) is 0 Å². The summed E-state index contributed by atoms with van der Waals surface area (Å²) < 4.78 is 1.98. The van der Waals surface area contributed by atoms with Gasteiger partial charge in [0.05, 0.1) is 13.0 Å². The number of hydrogen-bond acceptors (Lipinski definition) is 5. The molecule has 0 saturated carbocycles. The van der Waals surface area contributed by atoms with Gasteiger partial charge in [-0.2, -0.15) is 0 Å². The highest BCUT2D eigenvalue weighted by Crippen LogP contribution is 2.25. The van der Waals surface area contributed by atoms with Crippen LogP contribution in [0.25, 0.3) is 0 Å². The fraction of sp³-hybridized carbons (Fsp3) is 0.368. The highest BCUT2D eigenvalue weighted by atomic mass is 32.1. The van der Waals surface area contributed by atoms with Crippen molar-refractivity contribution in [1.29, 1.82) is 0 Å². The monoisotopic (exact) mass is 367 g/mol. The maximum Gasteiger partial charge on any atom is 0.245 e. The highest BCUT2D eigenvalue weighted by molar-refractivity contribution is 7.09. The molecule has 4 rings (SSSR count). The molecule has 1 aliphatic heterocycles. The first-order valence-electron chi connectivity index (χ1n) is 8.78. The molecule has 0 aliphatic carbocycles. The Bertz CT molecular complexity index is 917. The number of fused-ring (bicyclic) bond motifs is 1. The van der Waals surface area contributed by atoms with E-state index in [1.807, 2.05) is 46.9 Å². The van der Waals surface area contributed by atoms with Crippen LogP contribution in [0.1, 0.15) is 40.9 Å². The van der Waals surface area contributed by atoms with Gasteiger partial charge in [0.25, 0.3) is 0 Å². The van der Waals surface area contributed by atoms with Crippen molar-refractivity contribution in [1.82, 2.24) is 24.6 Å². The molecule has 0 radical (unpaired) electrons.